The number of allylic oxidation sites excluding steroid dienone is 11. The van der Waals surface area contributed by atoms with Gasteiger partial charge in [0.25, 0.3) is 0 Å². The van der Waals surface area contributed by atoms with Gasteiger partial charge >= 0.3 is 0 Å². The average molecular weight is 238 g/mol. The summed E-state index contributed by atoms with van der Waals surface area (Å²) in [7, 11) is 0. The minimum atomic E-state index is 0.572. The first-order chi connectivity index (χ1) is 8.83. The lowest BCUT2D eigenvalue weighted by Crippen LogP contribution is -2.01. The summed E-state index contributed by atoms with van der Waals surface area (Å²) in [6.07, 6.45) is 18.7. The molecule has 0 heterocycles. The van der Waals surface area contributed by atoms with E-state index in [0.717, 1.165) is 12.8 Å². The molecule has 0 spiro atoms. The third-order valence-electron chi connectivity index (χ3n) is 3.74. The summed E-state index contributed by atoms with van der Waals surface area (Å²) in [4.78, 5) is 0. The van der Waals surface area contributed by atoms with E-state index in [4.69, 9.17) is 0 Å². The molecule has 0 heteroatoms. The third-order valence-corrected chi connectivity index (χ3v) is 3.74. The van der Waals surface area contributed by atoms with Gasteiger partial charge in [0.1, 0.15) is 0 Å². The van der Waals surface area contributed by atoms with Crippen LogP contribution in [0.3, 0.4) is 0 Å². The fourth-order valence-corrected chi connectivity index (χ4v) is 2.91. The molecule has 0 aromatic heterocycles. The Bertz CT molecular complexity index is 478. The summed E-state index contributed by atoms with van der Waals surface area (Å²) < 4.78 is 0. The maximum absolute atomic E-state index is 4.01. The second kappa shape index (κ2) is 5.86. The van der Waals surface area contributed by atoms with E-state index in [1.54, 1.807) is 5.57 Å². The van der Waals surface area contributed by atoms with Crippen molar-refractivity contribution < 1.29 is 0 Å². The highest BCUT2D eigenvalue weighted by molar-refractivity contribution is 5.63. The van der Waals surface area contributed by atoms with Crippen molar-refractivity contribution in [2.45, 2.75) is 33.1 Å². The van der Waals surface area contributed by atoms with Gasteiger partial charge in [0, 0.05) is 5.92 Å². The van der Waals surface area contributed by atoms with Crippen LogP contribution in [-0.4, -0.2) is 0 Å². The molecule has 0 nitrogen and oxygen atoms in total. The standard InChI is InChI=1S/C18H22/c1-4-7-11-16-14(5-2)17-12-9-8-10-13-18(17)15(16)6-3/h5,7-12,15H,2,4,6,13H2,1,3H3/b11-7-. The number of rotatable bonds is 4. The van der Waals surface area contributed by atoms with Crippen molar-refractivity contribution in [1.29, 1.82) is 0 Å². The Morgan fingerprint density at radius 2 is 2.17 bits per heavy atom. The minimum absolute atomic E-state index is 0.572. The zero-order chi connectivity index (χ0) is 13.0. The molecular weight excluding hydrogens is 216 g/mol. The Balaban J connectivity index is 2.49. The van der Waals surface area contributed by atoms with Gasteiger partial charge in [0.05, 0.1) is 0 Å². The molecule has 1 atom stereocenters. The van der Waals surface area contributed by atoms with Crippen molar-refractivity contribution in [2.75, 3.05) is 0 Å². The van der Waals surface area contributed by atoms with Gasteiger partial charge in [-0.05, 0) is 36.0 Å². The average Bonchev–Trinajstić information content (AvgIpc) is 2.54. The van der Waals surface area contributed by atoms with Crippen LogP contribution >= 0.6 is 0 Å². The smallest absolute Gasteiger partial charge is 0.00639 e. The van der Waals surface area contributed by atoms with Gasteiger partial charge in [-0.25, -0.2) is 0 Å². The molecule has 2 aliphatic rings. The Morgan fingerprint density at radius 3 is 2.83 bits per heavy atom. The highest BCUT2D eigenvalue weighted by atomic mass is 14.3. The van der Waals surface area contributed by atoms with E-state index in [1.165, 1.54) is 23.1 Å². The van der Waals surface area contributed by atoms with Crippen LogP contribution in [0.1, 0.15) is 33.1 Å². The molecule has 0 radical (unpaired) electrons. The van der Waals surface area contributed by atoms with Crippen LogP contribution in [0.2, 0.25) is 0 Å². The first kappa shape index (κ1) is 12.9. The molecule has 0 aromatic carbocycles. The molecule has 0 aromatic rings. The van der Waals surface area contributed by atoms with Crippen LogP contribution in [0.4, 0.5) is 0 Å². The third kappa shape index (κ3) is 2.20. The van der Waals surface area contributed by atoms with E-state index < -0.39 is 0 Å². The normalized spacial score (nSPS) is 22.9. The number of hydrogen-bond donors (Lipinski definition) is 0. The van der Waals surface area contributed by atoms with Crippen LogP contribution in [0.25, 0.3) is 0 Å². The van der Waals surface area contributed by atoms with Gasteiger partial charge in [-0.1, -0.05) is 68.5 Å². The van der Waals surface area contributed by atoms with Gasteiger partial charge in [-0.15, -0.1) is 0 Å². The summed E-state index contributed by atoms with van der Waals surface area (Å²) >= 11 is 0. The van der Waals surface area contributed by atoms with Gasteiger partial charge in [0.2, 0.25) is 0 Å². The highest BCUT2D eigenvalue weighted by Gasteiger charge is 2.28. The predicted molar refractivity (Wildman–Crippen MR) is 80.4 cm³/mol. The molecule has 0 saturated heterocycles. The van der Waals surface area contributed by atoms with Gasteiger partial charge in [-0.2, -0.15) is 0 Å². The molecular formula is C18H22. The summed E-state index contributed by atoms with van der Waals surface area (Å²) in [6.45, 7) is 8.47. The van der Waals surface area contributed by atoms with Gasteiger partial charge in [0.15, 0.2) is 0 Å². The van der Waals surface area contributed by atoms with Crippen molar-refractivity contribution in [3.63, 3.8) is 0 Å². The molecule has 2 aliphatic carbocycles. The Labute approximate surface area is 111 Å². The Morgan fingerprint density at radius 1 is 1.33 bits per heavy atom. The Kier molecular flexibility index (Phi) is 4.19. The van der Waals surface area contributed by atoms with Crippen LogP contribution in [-0.2, 0) is 0 Å². The minimum Gasteiger partial charge on any atom is -0.0984 e. The first-order valence-electron chi connectivity index (χ1n) is 6.93. The van der Waals surface area contributed by atoms with E-state index >= 15 is 0 Å². The zero-order valence-electron chi connectivity index (χ0n) is 11.4. The molecule has 18 heavy (non-hydrogen) atoms. The van der Waals surface area contributed by atoms with E-state index in [9.17, 15) is 0 Å². The second-order valence-corrected chi connectivity index (χ2v) is 4.77. The van der Waals surface area contributed by atoms with Crippen molar-refractivity contribution >= 4 is 0 Å². The zero-order valence-corrected chi connectivity index (χ0v) is 11.4. The second-order valence-electron chi connectivity index (χ2n) is 4.77. The SMILES string of the molecule is C=CC1=C(/C=C\CC)C(CC)C2=C1C=CC=CC2. The summed E-state index contributed by atoms with van der Waals surface area (Å²) in [6, 6.07) is 0. The maximum atomic E-state index is 4.01. The largest absolute Gasteiger partial charge is 0.0984 e. The fraction of sp³-hybridized carbons (Fsp3) is 0.333. The van der Waals surface area contributed by atoms with Crippen LogP contribution < -0.4 is 0 Å². The van der Waals surface area contributed by atoms with Gasteiger partial charge in [-0.3, -0.25) is 0 Å². The molecule has 0 aliphatic heterocycles. The lowest BCUT2D eigenvalue weighted by molar-refractivity contribution is 0.694. The van der Waals surface area contributed by atoms with E-state index in [-0.39, 0.29) is 0 Å². The van der Waals surface area contributed by atoms with E-state index in [1.807, 2.05) is 6.08 Å². The fourth-order valence-electron chi connectivity index (χ4n) is 2.91. The Hall–Kier alpha value is -1.56. The van der Waals surface area contributed by atoms with E-state index in [2.05, 4.69) is 56.9 Å². The summed E-state index contributed by atoms with van der Waals surface area (Å²) in [5.41, 5.74) is 5.76. The lowest BCUT2D eigenvalue weighted by Gasteiger charge is -2.14. The topological polar surface area (TPSA) is 0 Å². The van der Waals surface area contributed by atoms with Crippen molar-refractivity contribution in [3.05, 3.63) is 71.4 Å². The van der Waals surface area contributed by atoms with Crippen molar-refractivity contribution in [2.24, 2.45) is 5.92 Å². The van der Waals surface area contributed by atoms with Crippen molar-refractivity contribution in [3.8, 4) is 0 Å². The maximum Gasteiger partial charge on any atom is 0.00639 e. The molecule has 0 saturated carbocycles. The molecule has 0 amide bonds. The van der Waals surface area contributed by atoms with Crippen LogP contribution in [0.5, 0.6) is 0 Å². The van der Waals surface area contributed by atoms with Gasteiger partial charge < -0.3 is 0 Å². The highest BCUT2D eigenvalue weighted by Crippen LogP contribution is 2.43. The summed E-state index contributed by atoms with van der Waals surface area (Å²) in [5.74, 6) is 0.572. The monoisotopic (exact) mass is 238 g/mol. The predicted octanol–water partition coefficient (Wildman–Crippen LogP) is 5.29. The number of hydrogen-bond acceptors (Lipinski definition) is 0. The van der Waals surface area contributed by atoms with Crippen LogP contribution in [0.15, 0.2) is 71.4 Å². The van der Waals surface area contributed by atoms with Crippen molar-refractivity contribution in [1.82, 2.24) is 0 Å². The molecule has 0 N–H and O–H groups in total. The van der Waals surface area contributed by atoms with E-state index in [0.29, 0.717) is 5.92 Å². The molecule has 0 bridgehead atoms. The van der Waals surface area contributed by atoms with Crippen LogP contribution in [0, 0.1) is 5.92 Å². The molecule has 2 rings (SSSR count). The molecule has 1 unspecified atom stereocenters. The lowest BCUT2D eigenvalue weighted by atomic mass is 9.90. The molecule has 94 valence electrons. The first-order valence-corrected chi connectivity index (χ1v) is 6.93. The summed E-state index contributed by atoms with van der Waals surface area (Å²) in [5, 5.41) is 0. The molecule has 0 fully saturated rings. The quantitative estimate of drug-likeness (QED) is 0.624.